The van der Waals surface area contributed by atoms with Gasteiger partial charge in [0.25, 0.3) is 0 Å². The van der Waals surface area contributed by atoms with Crippen LogP contribution in [0.2, 0.25) is 0 Å². The van der Waals surface area contributed by atoms with E-state index >= 15 is 0 Å². The zero-order chi connectivity index (χ0) is 13.0. The van der Waals surface area contributed by atoms with Crippen LogP contribution in [0.3, 0.4) is 0 Å². The molecule has 18 heavy (non-hydrogen) atoms. The zero-order valence-electron chi connectivity index (χ0n) is 9.72. The van der Waals surface area contributed by atoms with E-state index in [9.17, 15) is 14.4 Å². The molecule has 2 rings (SSSR count). The molecule has 0 spiro atoms. The summed E-state index contributed by atoms with van der Waals surface area (Å²) in [5, 5.41) is 2.49. The Balaban J connectivity index is 1.88. The van der Waals surface area contributed by atoms with Crippen LogP contribution < -0.4 is 5.32 Å². The van der Waals surface area contributed by atoms with Gasteiger partial charge < -0.3 is 10.1 Å². The van der Waals surface area contributed by atoms with Gasteiger partial charge in [-0.15, -0.1) is 0 Å². The number of amides is 1. The van der Waals surface area contributed by atoms with Gasteiger partial charge in [0.15, 0.2) is 5.78 Å². The lowest BCUT2D eigenvalue weighted by Crippen LogP contribution is -2.38. The van der Waals surface area contributed by atoms with Crippen LogP contribution in [-0.4, -0.2) is 30.3 Å². The van der Waals surface area contributed by atoms with Crippen molar-refractivity contribution in [1.82, 2.24) is 5.32 Å². The predicted molar refractivity (Wildman–Crippen MR) is 62.9 cm³/mol. The van der Waals surface area contributed by atoms with E-state index in [1.165, 1.54) is 0 Å². The van der Waals surface area contributed by atoms with Crippen LogP contribution in [0.15, 0.2) is 30.3 Å². The minimum Gasteiger partial charge on any atom is -0.464 e. The largest absolute Gasteiger partial charge is 0.464 e. The second kappa shape index (κ2) is 5.44. The number of rotatable bonds is 4. The molecule has 0 bridgehead atoms. The maximum absolute atomic E-state index is 11.7. The third kappa shape index (κ3) is 2.94. The highest BCUT2D eigenvalue weighted by atomic mass is 16.5. The summed E-state index contributed by atoms with van der Waals surface area (Å²) in [6, 6.07) is 7.96. The number of cyclic esters (lactones) is 1. The van der Waals surface area contributed by atoms with E-state index in [4.69, 9.17) is 4.74 Å². The fourth-order valence-corrected chi connectivity index (χ4v) is 1.74. The van der Waals surface area contributed by atoms with Crippen molar-refractivity contribution >= 4 is 17.7 Å². The van der Waals surface area contributed by atoms with Gasteiger partial charge in [-0.05, 0) is 0 Å². The van der Waals surface area contributed by atoms with Crippen molar-refractivity contribution in [2.45, 2.75) is 18.9 Å². The molecule has 5 nitrogen and oxygen atoms in total. The number of carbonyl (C=O) groups excluding carboxylic acids is 3. The molecule has 0 radical (unpaired) electrons. The molecule has 1 atom stereocenters. The van der Waals surface area contributed by atoms with Crippen LogP contribution in [-0.2, 0) is 14.3 Å². The summed E-state index contributed by atoms with van der Waals surface area (Å²) in [5.74, 6) is -1.15. The summed E-state index contributed by atoms with van der Waals surface area (Å²) >= 11 is 0. The maximum Gasteiger partial charge on any atom is 0.328 e. The molecule has 1 aliphatic rings. The first kappa shape index (κ1) is 12.3. The Labute approximate surface area is 104 Å². The van der Waals surface area contributed by atoms with E-state index in [2.05, 4.69) is 5.32 Å². The molecule has 0 unspecified atom stereocenters. The third-order valence-electron chi connectivity index (χ3n) is 2.69. The number of benzene rings is 1. The monoisotopic (exact) mass is 247 g/mol. The average molecular weight is 247 g/mol. The van der Waals surface area contributed by atoms with Crippen LogP contribution in [0.5, 0.6) is 0 Å². The molecule has 0 aliphatic carbocycles. The SMILES string of the molecule is O=C(CC(=O)c1ccccc1)N[C@H]1CCOC1=O. The van der Waals surface area contributed by atoms with E-state index in [-0.39, 0.29) is 12.2 Å². The van der Waals surface area contributed by atoms with E-state index in [1.54, 1.807) is 30.3 Å². The average Bonchev–Trinajstić information content (AvgIpc) is 2.76. The summed E-state index contributed by atoms with van der Waals surface area (Å²) < 4.78 is 4.72. The minimum atomic E-state index is -0.610. The first-order chi connectivity index (χ1) is 8.66. The van der Waals surface area contributed by atoms with Gasteiger partial charge >= 0.3 is 5.97 Å². The van der Waals surface area contributed by atoms with Crippen molar-refractivity contribution in [2.24, 2.45) is 0 Å². The van der Waals surface area contributed by atoms with Gasteiger partial charge in [-0.1, -0.05) is 30.3 Å². The highest BCUT2D eigenvalue weighted by molar-refractivity contribution is 6.07. The molecule has 1 saturated heterocycles. The lowest BCUT2D eigenvalue weighted by molar-refractivity contribution is -0.141. The highest BCUT2D eigenvalue weighted by Crippen LogP contribution is 2.07. The minimum absolute atomic E-state index is 0.256. The molecule has 1 amide bonds. The zero-order valence-corrected chi connectivity index (χ0v) is 9.72. The smallest absolute Gasteiger partial charge is 0.328 e. The molecule has 5 heteroatoms. The lowest BCUT2D eigenvalue weighted by atomic mass is 10.1. The van der Waals surface area contributed by atoms with Gasteiger partial charge in [-0.2, -0.15) is 0 Å². The summed E-state index contributed by atoms with van der Waals surface area (Å²) in [5.41, 5.74) is 0.488. The van der Waals surface area contributed by atoms with Gasteiger partial charge in [0.1, 0.15) is 6.04 Å². The van der Waals surface area contributed by atoms with Crippen molar-refractivity contribution in [3.05, 3.63) is 35.9 Å². The molecular formula is C13H13NO4. The molecule has 1 heterocycles. The Morgan fingerprint density at radius 1 is 1.28 bits per heavy atom. The summed E-state index contributed by atoms with van der Waals surface area (Å²) in [7, 11) is 0. The van der Waals surface area contributed by atoms with Gasteiger partial charge in [0.05, 0.1) is 13.0 Å². The molecule has 0 saturated carbocycles. The van der Waals surface area contributed by atoms with Crippen molar-refractivity contribution < 1.29 is 19.1 Å². The number of carbonyl (C=O) groups is 3. The topological polar surface area (TPSA) is 72.5 Å². The molecule has 0 aromatic heterocycles. The standard InChI is InChI=1S/C13H13NO4/c15-11(9-4-2-1-3-5-9)8-12(16)14-10-6-7-18-13(10)17/h1-5,10H,6-8H2,(H,14,16)/t10-/m0/s1. The van der Waals surface area contributed by atoms with Crippen molar-refractivity contribution in [3.8, 4) is 0 Å². The second-order valence-electron chi connectivity index (χ2n) is 4.04. The summed E-state index contributed by atoms with van der Waals surface area (Å²) in [6.45, 7) is 0.316. The lowest BCUT2D eigenvalue weighted by Gasteiger charge is -2.08. The van der Waals surface area contributed by atoms with Crippen molar-refractivity contribution in [1.29, 1.82) is 0 Å². The Hall–Kier alpha value is -2.17. The quantitative estimate of drug-likeness (QED) is 0.482. The van der Waals surface area contributed by atoms with Gasteiger partial charge in [0, 0.05) is 12.0 Å². The van der Waals surface area contributed by atoms with E-state index in [0.717, 1.165) is 0 Å². The predicted octanol–water partition coefficient (Wildman–Crippen LogP) is 0.691. The van der Waals surface area contributed by atoms with Gasteiger partial charge in [-0.3, -0.25) is 9.59 Å². The fourth-order valence-electron chi connectivity index (χ4n) is 1.74. The van der Waals surface area contributed by atoms with E-state index < -0.39 is 17.9 Å². The molecule has 1 fully saturated rings. The summed E-state index contributed by atoms with van der Waals surface area (Å²) in [4.78, 5) is 34.5. The number of Topliss-reactive ketones (excluding diaryl/α,β-unsaturated/α-hetero) is 1. The number of ketones is 1. The number of hydrogen-bond donors (Lipinski definition) is 1. The number of hydrogen-bond acceptors (Lipinski definition) is 4. The molecule has 1 aromatic carbocycles. The number of ether oxygens (including phenoxy) is 1. The molecule has 1 aliphatic heterocycles. The Bertz CT molecular complexity index is 469. The van der Waals surface area contributed by atoms with Gasteiger partial charge in [0.2, 0.25) is 5.91 Å². The van der Waals surface area contributed by atoms with Crippen LogP contribution in [0.25, 0.3) is 0 Å². The van der Waals surface area contributed by atoms with Crippen LogP contribution in [0.1, 0.15) is 23.2 Å². The first-order valence-corrected chi connectivity index (χ1v) is 5.71. The maximum atomic E-state index is 11.7. The Kier molecular flexibility index (Phi) is 3.72. The molecule has 1 aromatic rings. The number of nitrogens with one attached hydrogen (secondary N) is 1. The fraction of sp³-hybridized carbons (Fsp3) is 0.308. The second-order valence-corrected chi connectivity index (χ2v) is 4.04. The molecular weight excluding hydrogens is 234 g/mol. The van der Waals surface area contributed by atoms with Gasteiger partial charge in [-0.25, -0.2) is 4.79 Å². The van der Waals surface area contributed by atoms with Crippen LogP contribution in [0, 0.1) is 0 Å². The molecule has 1 N–H and O–H groups in total. The third-order valence-corrected chi connectivity index (χ3v) is 2.69. The highest BCUT2D eigenvalue weighted by Gasteiger charge is 2.28. The van der Waals surface area contributed by atoms with E-state index in [1.807, 2.05) is 0 Å². The van der Waals surface area contributed by atoms with Crippen molar-refractivity contribution in [2.75, 3.05) is 6.61 Å². The Morgan fingerprint density at radius 3 is 2.61 bits per heavy atom. The van der Waals surface area contributed by atoms with E-state index in [0.29, 0.717) is 18.6 Å². The van der Waals surface area contributed by atoms with Crippen LogP contribution >= 0.6 is 0 Å². The normalized spacial score (nSPS) is 18.2. The Morgan fingerprint density at radius 2 is 2.00 bits per heavy atom. The van der Waals surface area contributed by atoms with Crippen molar-refractivity contribution in [3.63, 3.8) is 0 Å². The van der Waals surface area contributed by atoms with Crippen LogP contribution in [0.4, 0.5) is 0 Å². The first-order valence-electron chi connectivity index (χ1n) is 5.71. The summed E-state index contributed by atoms with van der Waals surface area (Å²) in [6.07, 6.45) is 0.206. The number of esters is 1. The molecule has 94 valence electrons.